The standard InChI is InChI=1S/C34H55NS.CH3NO/c1-7-24-23-28-30-18-15-26(11-10-22-35-36-27-16-13-25(14-17-27)32(2,3)4)33(30,5)21-19-31(28)34(6)20-9-8-12-29(24)34;2-1-3/h13-14,16-17,24,26,28-31,35H,7-12,15,18-23H2,1-6H3;1H,(H2,2,3)/t24-,26?,28?,29?,30?,31-,33?,34?;/m0./s1. The minimum Gasteiger partial charge on any atom is -0.372 e. The molecule has 0 radical (unpaired) electrons. The molecule has 220 valence electrons. The van der Waals surface area contributed by atoms with Gasteiger partial charge in [0.15, 0.2) is 0 Å². The van der Waals surface area contributed by atoms with Crippen LogP contribution in [0.15, 0.2) is 29.2 Å². The zero-order valence-corrected chi connectivity index (χ0v) is 26.8. The maximum absolute atomic E-state index is 8.58. The lowest BCUT2D eigenvalue weighted by Gasteiger charge is -2.62. The predicted molar refractivity (Wildman–Crippen MR) is 167 cm³/mol. The first kappa shape index (κ1) is 30.9. The number of fused-ring (bicyclic) bond motifs is 5. The molecule has 3 N–H and O–H groups in total. The summed E-state index contributed by atoms with van der Waals surface area (Å²) >= 11 is 1.82. The van der Waals surface area contributed by atoms with Crippen molar-refractivity contribution in [3.05, 3.63) is 29.8 Å². The highest BCUT2D eigenvalue weighted by atomic mass is 32.2. The van der Waals surface area contributed by atoms with E-state index in [1.165, 1.54) is 81.1 Å². The molecule has 4 aliphatic carbocycles. The molecule has 6 unspecified atom stereocenters. The van der Waals surface area contributed by atoms with E-state index in [-0.39, 0.29) is 11.8 Å². The molecule has 4 heteroatoms. The van der Waals surface area contributed by atoms with Gasteiger partial charge in [-0.3, -0.25) is 9.52 Å². The van der Waals surface area contributed by atoms with Gasteiger partial charge in [0.25, 0.3) is 0 Å². The second kappa shape index (κ2) is 12.9. The molecule has 1 amide bonds. The highest BCUT2D eigenvalue weighted by Crippen LogP contribution is 2.69. The molecule has 8 atom stereocenters. The molecule has 0 bridgehead atoms. The molecule has 0 spiro atoms. The molecule has 4 saturated carbocycles. The summed E-state index contributed by atoms with van der Waals surface area (Å²) in [5, 5.41) is 0. The van der Waals surface area contributed by atoms with Crippen LogP contribution in [0.25, 0.3) is 0 Å². The summed E-state index contributed by atoms with van der Waals surface area (Å²) in [6.07, 6.45) is 18.2. The molecular weight excluding hydrogens is 496 g/mol. The molecule has 5 rings (SSSR count). The molecule has 0 aliphatic heterocycles. The van der Waals surface area contributed by atoms with E-state index in [0.29, 0.717) is 10.8 Å². The third-order valence-electron chi connectivity index (χ3n) is 12.2. The summed E-state index contributed by atoms with van der Waals surface area (Å²) in [6.45, 7) is 16.0. The highest BCUT2D eigenvalue weighted by molar-refractivity contribution is 7.97. The van der Waals surface area contributed by atoms with Gasteiger partial charge in [0.05, 0.1) is 0 Å². The van der Waals surface area contributed by atoms with E-state index in [2.05, 4.69) is 76.3 Å². The largest absolute Gasteiger partial charge is 0.372 e. The van der Waals surface area contributed by atoms with Crippen LogP contribution in [0.5, 0.6) is 0 Å². The number of rotatable bonds is 7. The van der Waals surface area contributed by atoms with Gasteiger partial charge in [-0.15, -0.1) is 0 Å². The molecule has 0 heterocycles. The van der Waals surface area contributed by atoms with Crippen LogP contribution in [-0.2, 0) is 10.2 Å². The van der Waals surface area contributed by atoms with Crippen LogP contribution in [0.3, 0.4) is 0 Å². The molecule has 1 aromatic rings. The van der Waals surface area contributed by atoms with Gasteiger partial charge < -0.3 is 5.73 Å². The Morgan fingerprint density at radius 1 is 0.974 bits per heavy atom. The lowest BCUT2D eigenvalue weighted by Crippen LogP contribution is -2.55. The van der Waals surface area contributed by atoms with Crippen LogP contribution in [0, 0.1) is 46.3 Å². The lowest BCUT2D eigenvalue weighted by atomic mass is 9.42. The fraction of sp³-hybridized carbons (Fsp3) is 0.800. The molecule has 1 aromatic carbocycles. The van der Waals surface area contributed by atoms with Crippen molar-refractivity contribution in [2.75, 3.05) is 6.54 Å². The molecule has 4 aliphatic rings. The number of primary amides is 1. The number of hydrogen-bond donors (Lipinski definition) is 2. The Morgan fingerprint density at radius 3 is 2.33 bits per heavy atom. The number of carbonyl (C=O) groups excluding carboxylic acids is 1. The number of benzene rings is 1. The van der Waals surface area contributed by atoms with Crippen molar-refractivity contribution in [3.63, 3.8) is 0 Å². The zero-order valence-electron chi connectivity index (χ0n) is 25.9. The Bertz CT molecular complexity index is 926. The van der Waals surface area contributed by atoms with Crippen molar-refractivity contribution in [3.8, 4) is 0 Å². The van der Waals surface area contributed by atoms with Crippen molar-refractivity contribution >= 4 is 18.4 Å². The van der Waals surface area contributed by atoms with Gasteiger partial charge in [-0.05, 0) is 139 Å². The van der Waals surface area contributed by atoms with E-state index in [1.807, 2.05) is 11.9 Å². The summed E-state index contributed by atoms with van der Waals surface area (Å²) < 4.78 is 3.68. The van der Waals surface area contributed by atoms with Crippen molar-refractivity contribution < 1.29 is 4.79 Å². The molecule has 0 saturated heterocycles. The van der Waals surface area contributed by atoms with E-state index in [0.717, 1.165) is 42.1 Å². The average molecular weight is 555 g/mol. The number of nitrogens with two attached hydrogens (primary N) is 1. The Hall–Kier alpha value is -1.00. The predicted octanol–water partition coefficient (Wildman–Crippen LogP) is 9.15. The van der Waals surface area contributed by atoms with Crippen LogP contribution < -0.4 is 10.5 Å². The number of amides is 1. The lowest BCUT2D eigenvalue weighted by molar-refractivity contribution is -0.135. The number of carbonyl (C=O) groups is 1. The second-order valence-electron chi connectivity index (χ2n) is 15.0. The van der Waals surface area contributed by atoms with Gasteiger partial charge in [0.1, 0.15) is 0 Å². The monoisotopic (exact) mass is 554 g/mol. The minimum absolute atomic E-state index is 0.232. The van der Waals surface area contributed by atoms with Crippen LogP contribution in [0.4, 0.5) is 0 Å². The maximum atomic E-state index is 8.58. The normalized spacial score (nSPS) is 37.6. The van der Waals surface area contributed by atoms with Crippen molar-refractivity contribution in [2.24, 2.45) is 52.1 Å². The van der Waals surface area contributed by atoms with Crippen LogP contribution in [-0.4, -0.2) is 13.0 Å². The molecule has 39 heavy (non-hydrogen) atoms. The van der Waals surface area contributed by atoms with Gasteiger partial charge >= 0.3 is 0 Å². The van der Waals surface area contributed by atoms with Crippen molar-refractivity contribution in [1.82, 2.24) is 4.72 Å². The third-order valence-corrected chi connectivity index (χ3v) is 13.1. The number of hydrogen-bond acceptors (Lipinski definition) is 3. The molecule has 4 fully saturated rings. The topological polar surface area (TPSA) is 55.1 Å². The summed E-state index contributed by atoms with van der Waals surface area (Å²) in [5.74, 6) is 6.08. The Labute approximate surface area is 244 Å². The van der Waals surface area contributed by atoms with Crippen LogP contribution in [0.2, 0.25) is 0 Å². The van der Waals surface area contributed by atoms with E-state index in [1.54, 1.807) is 6.42 Å². The van der Waals surface area contributed by atoms with Gasteiger partial charge in [-0.2, -0.15) is 0 Å². The minimum atomic E-state index is 0.232. The van der Waals surface area contributed by atoms with E-state index in [4.69, 9.17) is 4.79 Å². The maximum Gasteiger partial charge on any atom is 0.204 e. The smallest absolute Gasteiger partial charge is 0.204 e. The first-order chi connectivity index (χ1) is 18.6. The van der Waals surface area contributed by atoms with Gasteiger partial charge in [-0.1, -0.05) is 72.9 Å². The van der Waals surface area contributed by atoms with E-state index >= 15 is 0 Å². The Balaban J connectivity index is 0.00000112. The summed E-state index contributed by atoms with van der Waals surface area (Å²) in [6, 6.07) is 9.16. The van der Waals surface area contributed by atoms with Gasteiger partial charge in [0.2, 0.25) is 6.41 Å². The fourth-order valence-corrected chi connectivity index (χ4v) is 10.9. The van der Waals surface area contributed by atoms with E-state index in [9.17, 15) is 0 Å². The quantitative estimate of drug-likeness (QED) is 0.201. The zero-order chi connectivity index (χ0) is 28.3. The number of nitrogens with one attached hydrogen (secondary N) is 1. The highest BCUT2D eigenvalue weighted by Gasteiger charge is 2.60. The third kappa shape index (κ3) is 6.42. The van der Waals surface area contributed by atoms with Crippen molar-refractivity contribution in [2.45, 2.75) is 129 Å². The molecule has 3 nitrogen and oxygen atoms in total. The van der Waals surface area contributed by atoms with Gasteiger partial charge in [-0.25, -0.2) is 0 Å². The Kier molecular flexibility index (Phi) is 10.2. The first-order valence-corrected chi connectivity index (χ1v) is 17.1. The first-order valence-electron chi connectivity index (χ1n) is 16.2. The van der Waals surface area contributed by atoms with E-state index < -0.39 is 0 Å². The average Bonchev–Trinajstić information content (AvgIpc) is 3.24. The molecule has 0 aromatic heterocycles. The SMILES string of the molecule is CC[C@H]1CC2C3CCC(CCCNSc4ccc(C(C)(C)C)cc4)C3(C)CC[C@@H]2C2(C)CCCCC12.NC=O. The fourth-order valence-electron chi connectivity index (χ4n) is 10.2. The summed E-state index contributed by atoms with van der Waals surface area (Å²) in [7, 11) is 0. The Morgan fingerprint density at radius 2 is 1.67 bits per heavy atom. The van der Waals surface area contributed by atoms with Crippen LogP contribution >= 0.6 is 11.9 Å². The van der Waals surface area contributed by atoms with Crippen LogP contribution in [0.1, 0.15) is 124 Å². The molecular formula is C35H58N2OS. The summed E-state index contributed by atoms with van der Waals surface area (Å²) in [5.41, 5.74) is 7.10. The van der Waals surface area contributed by atoms with Gasteiger partial charge in [0, 0.05) is 11.4 Å². The van der Waals surface area contributed by atoms with Crippen molar-refractivity contribution in [1.29, 1.82) is 0 Å². The summed E-state index contributed by atoms with van der Waals surface area (Å²) in [4.78, 5) is 9.92. The second-order valence-corrected chi connectivity index (χ2v) is 16.0.